The molecule has 0 aliphatic heterocycles. The molecule has 1 heterocycles. The van der Waals surface area contributed by atoms with Gasteiger partial charge < -0.3 is 10.5 Å². The van der Waals surface area contributed by atoms with Crippen LogP contribution in [-0.4, -0.2) is 16.7 Å². The van der Waals surface area contributed by atoms with Crippen molar-refractivity contribution >= 4 is 11.8 Å². The topological polar surface area (TPSA) is 77.2 Å². The van der Waals surface area contributed by atoms with Gasteiger partial charge in [-0.15, -0.1) is 0 Å². The van der Waals surface area contributed by atoms with Crippen LogP contribution in [0.4, 0.5) is 10.5 Å². The van der Waals surface area contributed by atoms with Gasteiger partial charge in [-0.1, -0.05) is 12.8 Å². The lowest BCUT2D eigenvalue weighted by Gasteiger charge is -2.24. The smallest absolute Gasteiger partial charge is 0.412 e. The molecule has 0 atom stereocenters. The van der Waals surface area contributed by atoms with Crippen molar-refractivity contribution in [1.82, 2.24) is 4.98 Å². The van der Waals surface area contributed by atoms with Crippen molar-refractivity contribution in [2.45, 2.75) is 57.6 Å². The van der Waals surface area contributed by atoms with Crippen molar-refractivity contribution in [3.63, 3.8) is 0 Å². The lowest BCUT2D eigenvalue weighted by Crippen LogP contribution is -2.33. The summed E-state index contributed by atoms with van der Waals surface area (Å²) in [6.45, 7) is 5.48. The summed E-state index contributed by atoms with van der Waals surface area (Å²) >= 11 is 0. The second-order valence-corrected chi connectivity index (χ2v) is 6.45. The van der Waals surface area contributed by atoms with Gasteiger partial charge in [0.2, 0.25) is 0 Å². The molecule has 5 heteroatoms. The zero-order chi connectivity index (χ0) is 14.8. The van der Waals surface area contributed by atoms with E-state index >= 15 is 0 Å². The zero-order valence-corrected chi connectivity index (χ0v) is 12.4. The number of nitrogens with two attached hydrogens (primary N) is 1. The molecule has 0 saturated heterocycles. The molecule has 110 valence electrons. The molecule has 0 radical (unpaired) electrons. The van der Waals surface area contributed by atoms with E-state index in [1.165, 1.54) is 0 Å². The van der Waals surface area contributed by atoms with Gasteiger partial charge in [0.1, 0.15) is 5.60 Å². The highest BCUT2D eigenvalue weighted by Gasteiger charge is 2.31. The van der Waals surface area contributed by atoms with Gasteiger partial charge in [-0.25, -0.2) is 4.79 Å². The van der Waals surface area contributed by atoms with Crippen molar-refractivity contribution in [3.8, 4) is 0 Å². The summed E-state index contributed by atoms with van der Waals surface area (Å²) in [7, 11) is 0. The number of ether oxygens (including phenoxy) is 1. The summed E-state index contributed by atoms with van der Waals surface area (Å²) in [4.78, 5) is 15.9. The van der Waals surface area contributed by atoms with Crippen LogP contribution in [-0.2, 0) is 10.3 Å². The lowest BCUT2D eigenvalue weighted by atomic mass is 9.90. The molecule has 20 heavy (non-hydrogen) atoms. The van der Waals surface area contributed by atoms with Crippen molar-refractivity contribution < 1.29 is 9.53 Å². The van der Waals surface area contributed by atoms with Gasteiger partial charge in [0.25, 0.3) is 0 Å². The van der Waals surface area contributed by atoms with Gasteiger partial charge in [0, 0.05) is 11.7 Å². The first kappa shape index (κ1) is 14.8. The molecule has 3 N–H and O–H groups in total. The molecule has 2 rings (SSSR count). The third-order valence-electron chi connectivity index (χ3n) is 3.45. The van der Waals surface area contributed by atoms with E-state index in [-0.39, 0.29) is 5.54 Å². The number of nitrogens with zero attached hydrogens (tertiary/aromatic N) is 1. The third kappa shape index (κ3) is 3.70. The molecule has 1 saturated carbocycles. The SMILES string of the molecule is CC(C)(C)OC(=O)Nc1cncc(C2(N)CCCC2)c1. The van der Waals surface area contributed by atoms with E-state index < -0.39 is 11.7 Å². The number of hydrogen-bond donors (Lipinski definition) is 2. The van der Waals surface area contributed by atoms with Crippen LogP contribution in [0.25, 0.3) is 0 Å². The molecule has 0 unspecified atom stereocenters. The van der Waals surface area contributed by atoms with Crippen molar-refractivity contribution in [2.75, 3.05) is 5.32 Å². The summed E-state index contributed by atoms with van der Waals surface area (Å²) < 4.78 is 5.22. The zero-order valence-electron chi connectivity index (χ0n) is 12.4. The second kappa shape index (κ2) is 5.40. The number of rotatable bonds is 2. The van der Waals surface area contributed by atoms with Crippen LogP contribution in [0.5, 0.6) is 0 Å². The normalized spacial score (nSPS) is 17.8. The first-order chi connectivity index (χ1) is 9.28. The quantitative estimate of drug-likeness (QED) is 0.870. The minimum absolute atomic E-state index is 0.307. The molecule has 1 aliphatic carbocycles. The van der Waals surface area contributed by atoms with E-state index in [4.69, 9.17) is 10.5 Å². The van der Waals surface area contributed by atoms with Crippen LogP contribution in [0.15, 0.2) is 18.5 Å². The third-order valence-corrected chi connectivity index (χ3v) is 3.45. The van der Waals surface area contributed by atoms with E-state index in [2.05, 4.69) is 10.3 Å². The number of carbonyl (C=O) groups excluding carboxylic acids is 1. The highest BCUT2D eigenvalue weighted by atomic mass is 16.6. The molecule has 1 aromatic rings. The van der Waals surface area contributed by atoms with Gasteiger partial charge in [0.05, 0.1) is 11.9 Å². The average molecular weight is 277 g/mol. The number of aromatic nitrogens is 1. The molecular formula is C15H23N3O2. The molecule has 0 bridgehead atoms. The van der Waals surface area contributed by atoms with Gasteiger partial charge in [-0.2, -0.15) is 0 Å². The molecular weight excluding hydrogens is 254 g/mol. The number of pyridine rings is 1. The Kier molecular flexibility index (Phi) is 3.99. The average Bonchev–Trinajstić information content (AvgIpc) is 2.75. The fourth-order valence-corrected chi connectivity index (χ4v) is 2.50. The maximum atomic E-state index is 11.7. The molecule has 1 aromatic heterocycles. The van der Waals surface area contributed by atoms with Crippen LogP contribution < -0.4 is 11.1 Å². The maximum absolute atomic E-state index is 11.7. The lowest BCUT2D eigenvalue weighted by molar-refractivity contribution is 0.0636. The largest absolute Gasteiger partial charge is 0.444 e. The number of nitrogens with one attached hydrogen (secondary N) is 1. The Morgan fingerprint density at radius 2 is 2.00 bits per heavy atom. The molecule has 5 nitrogen and oxygen atoms in total. The Morgan fingerprint density at radius 1 is 1.35 bits per heavy atom. The Labute approximate surface area is 119 Å². The molecule has 0 spiro atoms. The molecule has 1 amide bonds. The number of anilines is 1. The van der Waals surface area contributed by atoms with Crippen LogP contribution in [0.1, 0.15) is 52.0 Å². The second-order valence-electron chi connectivity index (χ2n) is 6.45. The van der Waals surface area contributed by atoms with E-state index in [1.807, 2.05) is 26.8 Å². The Hall–Kier alpha value is -1.62. The highest BCUT2D eigenvalue weighted by molar-refractivity contribution is 5.84. The van der Waals surface area contributed by atoms with Gasteiger partial charge in [-0.3, -0.25) is 10.3 Å². The fourth-order valence-electron chi connectivity index (χ4n) is 2.50. The Balaban J connectivity index is 2.08. The summed E-state index contributed by atoms with van der Waals surface area (Å²) in [5, 5.41) is 2.70. The summed E-state index contributed by atoms with van der Waals surface area (Å²) in [6, 6.07) is 1.89. The predicted molar refractivity (Wildman–Crippen MR) is 78.4 cm³/mol. The monoisotopic (exact) mass is 277 g/mol. The number of amides is 1. The van der Waals surface area contributed by atoms with Gasteiger partial charge in [-0.05, 0) is 45.2 Å². The fraction of sp³-hybridized carbons (Fsp3) is 0.600. The van der Waals surface area contributed by atoms with Crippen LogP contribution >= 0.6 is 0 Å². The van der Waals surface area contributed by atoms with E-state index in [0.717, 1.165) is 31.2 Å². The van der Waals surface area contributed by atoms with Crippen LogP contribution in [0, 0.1) is 0 Å². The van der Waals surface area contributed by atoms with Crippen molar-refractivity contribution in [3.05, 3.63) is 24.0 Å². The summed E-state index contributed by atoms with van der Waals surface area (Å²) in [6.07, 6.45) is 7.11. The van der Waals surface area contributed by atoms with Crippen LogP contribution in [0.2, 0.25) is 0 Å². The van der Waals surface area contributed by atoms with E-state index in [9.17, 15) is 4.79 Å². The van der Waals surface area contributed by atoms with Crippen LogP contribution in [0.3, 0.4) is 0 Å². The van der Waals surface area contributed by atoms with E-state index in [0.29, 0.717) is 5.69 Å². The van der Waals surface area contributed by atoms with Crippen molar-refractivity contribution in [1.29, 1.82) is 0 Å². The molecule has 1 aliphatic rings. The predicted octanol–water partition coefficient (Wildman–Crippen LogP) is 3.16. The molecule has 1 fully saturated rings. The summed E-state index contributed by atoms with van der Waals surface area (Å²) in [5.41, 5.74) is 7.17. The first-order valence-corrected chi connectivity index (χ1v) is 7.03. The van der Waals surface area contributed by atoms with E-state index in [1.54, 1.807) is 12.4 Å². The Bertz CT molecular complexity index is 488. The number of carbonyl (C=O) groups is 1. The van der Waals surface area contributed by atoms with Crippen molar-refractivity contribution in [2.24, 2.45) is 5.73 Å². The minimum Gasteiger partial charge on any atom is -0.444 e. The van der Waals surface area contributed by atoms with Gasteiger partial charge in [0.15, 0.2) is 0 Å². The first-order valence-electron chi connectivity index (χ1n) is 7.03. The minimum atomic E-state index is -0.518. The Morgan fingerprint density at radius 3 is 2.60 bits per heavy atom. The van der Waals surface area contributed by atoms with Gasteiger partial charge >= 0.3 is 6.09 Å². The number of hydrogen-bond acceptors (Lipinski definition) is 4. The summed E-state index contributed by atoms with van der Waals surface area (Å²) in [5.74, 6) is 0. The standard InChI is InChI=1S/C15H23N3O2/c1-14(2,3)20-13(19)18-12-8-11(9-17-10-12)15(16)6-4-5-7-15/h8-10H,4-7,16H2,1-3H3,(H,18,19). The molecule has 0 aromatic carbocycles. The highest BCUT2D eigenvalue weighted by Crippen LogP contribution is 2.36. The maximum Gasteiger partial charge on any atom is 0.412 e.